The summed E-state index contributed by atoms with van der Waals surface area (Å²) in [6.45, 7) is 9.17. The molecular weight excluding hydrogens is 1050 g/mol. The van der Waals surface area contributed by atoms with Gasteiger partial charge in [-0.1, -0.05) is 133 Å². The van der Waals surface area contributed by atoms with Gasteiger partial charge in [0.05, 0.1) is 23.8 Å². The van der Waals surface area contributed by atoms with Crippen molar-refractivity contribution < 1.29 is 53.8 Å². The van der Waals surface area contributed by atoms with Crippen LogP contribution in [-0.2, 0) is 36.0 Å². The van der Waals surface area contributed by atoms with Gasteiger partial charge in [0.1, 0.15) is 11.5 Å². The van der Waals surface area contributed by atoms with Gasteiger partial charge in [-0.15, -0.1) is 0 Å². The highest BCUT2D eigenvalue weighted by Crippen LogP contribution is 2.62. The number of nitrogens with one attached hydrogen (secondary N) is 1. The summed E-state index contributed by atoms with van der Waals surface area (Å²) in [5, 5.41) is 2.82. The third kappa shape index (κ3) is 11.0. The molecule has 2 atom stereocenters. The van der Waals surface area contributed by atoms with Crippen molar-refractivity contribution in [2.45, 2.75) is 128 Å². The molecule has 1 aliphatic carbocycles. The Morgan fingerprint density at radius 2 is 1.36 bits per heavy atom. The lowest BCUT2D eigenvalue weighted by Crippen LogP contribution is -2.35. The number of benzene rings is 7. The number of fused-ring (bicyclic) bond motifs is 8. The second-order valence-electron chi connectivity index (χ2n) is 22.4. The lowest BCUT2D eigenvalue weighted by atomic mass is 9.75. The molecule has 0 spiro atoms. The number of halogens is 9. The lowest BCUT2D eigenvalue weighted by Gasteiger charge is -2.39. The number of ether oxygens (including phenoxy) is 2. The number of rotatable bonds is 16. The first-order valence-corrected chi connectivity index (χ1v) is 28.0. The summed E-state index contributed by atoms with van der Waals surface area (Å²) in [5.74, 6) is 0.00466. The van der Waals surface area contributed by atoms with E-state index in [0.29, 0.717) is 23.1 Å². The van der Waals surface area contributed by atoms with Crippen LogP contribution >= 0.6 is 0 Å². The van der Waals surface area contributed by atoms with Gasteiger partial charge in [0.2, 0.25) is 0 Å². The maximum atomic E-state index is 15.6. The second-order valence-corrected chi connectivity index (χ2v) is 22.4. The summed E-state index contributed by atoms with van der Waals surface area (Å²) >= 11 is 0. The maximum absolute atomic E-state index is 15.6. The van der Waals surface area contributed by atoms with E-state index in [1.54, 1.807) is 24.3 Å². The van der Waals surface area contributed by atoms with Crippen molar-refractivity contribution in [3.05, 3.63) is 183 Å². The minimum Gasteiger partial charge on any atom is -0.496 e. The Balaban J connectivity index is 1.12. The Bertz CT molecular complexity index is 3490. The summed E-state index contributed by atoms with van der Waals surface area (Å²) in [7, 11) is 1.26. The molecule has 3 aliphatic rings. The number of unbranched alkanes of at least 4 members (excludes halogenated alkanes) is 2. The number of methoxy groups -OCH3 is 1. The van der Waals surface area contributed by atoms with Crippen LogP contribution in [0, 0.1) is 5.92 Å². The van der Waals surface area contributed by atoms with E-state index in [9.17, 15) is 18.0 Å². The van der Waals surface area contributed by atoms with Crippen LogP contribution in [0.25, 0.3) is 39.1 Å². The predicted molar refractivity (Wildman–Crippen MR) is 303 cm³/mol. The van der Waals surface area contributed by atoms with Crippen LogP contribution < -0.4 is 19.7 Å². The molecule has 1 amide bonds. The fourth-order valence-corrected chi connectivity index (χ4v) is 12.7. The van der Waals surface area contributed by atoms with Gasteiger partial charge in [-0.05, 0) is 144 Å². The third-order valence-corrected chi connectivity index (χ3v) is 16.7. The molecular formula is C67H65F9N2O3. The maximum Gasteiger partial charge on any atom is 0.417 e. The molecule has 7 aromatic carbocycles. The molecule has 0 radical (unpaired) electrons. The number of nitrogens with zero attached hydrogens (tertiary/aromatic N) is 1. The van der Waals surface area contributed by atoms with Crippen molar-refractivity contribution in [3.8, 4) is 33.8 Å². The number of aryl methyl sites for hydroxylation is 1. The largest absolute Gasteiger partial charge is 0.496 e. The molecule has 7 aromatic rings. The fourth-order valence-electron chi connectivity index (χ4n) is 12.7. The Morgan fingerprint density at radius 1 is 0.667 bits per heavy atom. The zero-order valence-electron chi connectivity index (χ0n) is 46.0. The molecule has 81 heavy (non-hydrogen) atoms. The molecule has 2 unspecified atom stereocenters. The number of carbonyl (C=O) groups is 1. The Kier molecular flexibility index (Phi) is 15.7. The molecule has 0 aromatic heterocycles. The molecule has 424 valence electrons. The van der Waals surface area contributed by atoms with Gasteiger partial charge < -0.3 is 19.7 Å². The summed E-state index contributed by atoms with van der Waals surface area (Å²) in [6.07, 6.45) is 0.0580. The average Bonchev–Trinajstić information content (AvgIpc) is 1.87. The van der Waals surface area contributed by atoms with E-state index >= 15 is 26.3 Å². The van der Waals surface area contributed by atoms with Crippen molar-refractivity contribution in [1.82, 2.24) is 0 Å². The standard InChI is InChI=1S/C67H65F9N2O3/c1-6-8-11-17-41(16-7-2)20-21-42-22-24-43(25-23-42)62(79)77-47-28-31-49(55(38-47)66(71,72)73)51-39-52-53(40-57(51)80-5)61-50(60-58(52)54-36-46(65(68,69)70)37-56(67(74,75)76)59(54)63(60,3)4)32-33-64(81-61,44-18-12-9-13-19-44)45-26-29-48(30-27-45)78-34-14-10-15-35-78/h9,12-13,18-19,22-33,36-41H,6-8,10-11,14-17,20-21,34-35H2,1-5H3,(H,77,79). The number of piperidine rings is 1. The Labute approximate surface area is 467 Å². The van der Waals surface area contributed by atoms with Gasteiger partial charge in [0.15, 0.2) is 5.60 Å². The third-order valence-electron chi connectivity index (χ3n) is 16.7. The number of carbonyl (C=O) groups excluding carboxylic acids is 1. The lowest BCUT2D eigenvalue weighted by molar-refractivity contribution is -0.143. The van der Waals surface area contributed by atoms with Crippen molar-refractivity contribution in [2.24, 2.45) is 5.92 Å². The Hall–Kier alpha value is -7.22. The van der Waals surface area contributed by atoms with Crippen molar-refractivity contribution in [2.75, 3.05) is 30.4 Å². The van der Waals surface area contributed by atoms with E-state index in [0.717, 1.165) is 81.8 Å². The predicted octanol–water partition coefficient (Wildman–Crippen LogP) is 19.4. The van der Waals surface area contributed by atoms with E-state index in [4.69, 9.17) is 9.47 Å². The highest BCUT2D eigenvalue weighted by atomic mass is 19.4. The minimum absolute atomic E-state index is 0.0215. The molecule has 1 N–H and O–H groups in total. The topological polar surface area (TPSA) is 50.8 Å². The highest BCUT2D eigenvalue weighted by Gasteiger charge is 2.50. The molecule has 1 fully saturated rings. The van der Waals surface area contributed by atoms with Crippen molar-refractivity contribution in [1.29, 1.82) is 0 Å². The van der Waals surface area contributed by atoms with Crippen LogP contribution in [0.5, 0.6) is 11.5 Å². The van der Waals surface area contributed by atoms with Crippen LogP contribution in [0.4, 0.5) is 50.9 Å². The summed E-state index contributed by atoms with van der Waals surface area (Å²) in [4.78, 5) is 16.0. The number of hydrogen-bond acceptors (Lipinski definition) is 4. The minimum atomic E-state index is -5.25. The quantitative estimate of drug-likeness (QED) is 0.0774. The van der Waals surface area contributed by atoms with Crippen LogP contribution in [0.15, 0.2) is 127 Å². The number of anilines is 2. The monoisotopic (exact) mass is 1120 g/mol. The molecule has 14 heteroatoms. The molecule has 2 heterocycles. The molecule has 0 bridgehead atoms. The normalized spacial score (nSPS) is 17.1. The molecule has 1 saturated heterocycles. The van der Waals surface area contributed by atoms with Crippen LogP contribution in [0.3, 0.4) is 0 Å². The van der Waals surface area contributed by atoms with Crippen LogP contribution in [0.1, 0.15) is 152 Å². The van der Waals surface area contributed by atoms with Gasteiger partial charge in [-0.25, -0.2) is 0 Å². The van der Waals surface area contributed by atoms with Gasteiger partial charge in [0.25, 0.3) is 5.91 Å². The van der Waals surface area contributed by atoms with Crippen LogP contribution in [0.2, 0.25) is 0 Å². The summed E-state index contributed by atoms with van der Waals surface area (Å²) in [5.41, 5.74) is -4.67. The van der Waals surface area contributed by atoms with Crippen molar-refractivity contribution in [3.63, 3.8) is 0 Å². The first kappa shape index (κ1) is 57.0. The highest BCUT2D eigenvalue weighted by molar-refractivity contribution is 6.11. The second kappa shape index (κ2) is 22.3. The van der Waals surface area contributed by atoms with E-state index in [1.807, 2.05) is 66.7 Å². The SMILES string of the molecule is CCCCCC(CCC)CCc1ccc(C(=O)Nc2ccc(-c3cc4c5c(c6c(c4cc3OC)OC(c3ccccc3)(c3ccc(N4CCCCC4)cc3)C=C6)C(C)(C)c3c-5cc(C(F)(F)F)cc3C(F)(F)F)c(C(F)(F)F)c2)cc1. The van der Waals surface area contributed by atoms with E-state index in [1.165, 1.54) is 64.5 Å². The van der Waals surface area contributed by atoms with Crippen LogP contribution in [-0.4, -0.2) is 26.1 Å². The summed E-state index contributed by atoms with van der Waals surface area (Å²) in [6, 6.07) is 31.1. The number of amides is 1. The number of hydrogen-bond donors (Lipinski definition) is 1. The van der Waals surface area contributed by atoms with E-state index < -0.39 is 63.3 Å². The first-order valence-electron chi connectivity index (χ1n) is 28.0. The average molecular weight is 1120 g/mol. The molecule has 2 aliphatic heterocycles. The fraction of sp³-hybridized carbons (Fsp3) is 0.358. The van der Waals surface area contributed by atoms with E-state index in [2.05, 4.69) is 24.1 Å². The zero-order valence-corrected chi connectivity index (χ0v) is 46.0. The molecule has 10 rings (SSSR count). The van der Waals surface area contributed by atoms with E-state index in [-0.39, 0.29) is 67.4 Å². The Morgan fingerprint density at radius 3 is 2.00 bits per heavy atom. The summed E-state index contributed by atoms with van der Waals surface area (Å²) < 4.78 is 151. The van der Waals surface area contributed by atoms with Gasteiger partial charge >= 0.3 is 18.5 Å². The first-order chi connectivity index (χ1) is 38.6. The van der Waals surface area contributed by atoms with Crippen molar-refractivity contribution >= 4 is 34.1 Å². The molecule has 5 nitrogen and oxygen atoms in total. The number of alkyl halides is 9. The van der Waals surface area contributed by atoms with Gasteiger partial charge in [-0.2, -0.15) is 39.5 Å². The van der Waals surface area contributed by atoms with Gasteiger partial charge in [0, 0.05) is 63.1 Å². The van der Waals surface area contributed by atoms with Gasteiger partial charge in [-0.3, -0.25) is 4.79 Å². The smallest absolute Gasteiger partial charge is 0.417 e. The zero-order chi connectivity index (χ0) is 57.6. The molecule has 0 saturated carbocycles.